The van der Waals surface area contributed by atoms with Gasteiger partial charge in [-0.05, 0) is 122 Å². The number of ether oxygens (including phenoxy) is 5. The number of methoxy groups -OCH3 is 1. The highest BCUT2D eigenvalue weighted by atomic mass is 16.6. The molecule has 1 N–H and O–H groups in total. The highest BCUT2D eigenvalue weighted by Gasteiger charge is 2.26. The molecule has 0 saturated heterocycles. The van der Waals surface area contributed by atoms with E-state index in [0.29, 0.717) is 71.9 Å². The van der Waals surface area contributed by atoms with E-state index in [-0.39, 0.29) is 12.6 Å². The summed E-state index contributed by atoms with van der Waals surface area (Å²) < 4.78 is 27.7. The lowest BCUT2D eigenvalue weighted by atomic mass is 9.89. The van der Waals surface area contributed by atoms with Crippen molar-refractivity contribution in [1.82, 2.24) is 4.90 Å². The van der Waals surface area contributed by atoms with Gasteiger partial charge >= 0.3 is 5.97 Å². The largest absolute Gasteiger partial charge is 0.463 e. The zero-order valence-corrected chi connectivity index (χ0v) is 45.2. The molecule has 0 heterocycles. The van der Waals surface area contributed by atoms with Crippen LogP contribution >= 0.6 is 0 Å². The van der Waals surface area contributed by atoms with Gasteiger partial charge in [0.1, 0.15) is 12.9 Å². The Hall–Kier alpha value is -1.62. The summed E-state index contributed by atoms with van der Waals surface area (Å²) >= 11 is 0. The molecule has 0 aromatic heterocycles. The molecule has 67 heavy (non-hydrogen) atoms. The van der Waals surface area contributed by atoms with E-state index in [1.807, 2.05) is 0 Å². The van der Waals surface area contributed by atoms with E-state index in [1.165, 1.54) is 148 Å². The molecule has 9 heteroatoms. The minimum atomic E-state index is -0.809. The third-order valence-electron chi connectivity index (χ3n) is 12.4. The van der Waals surface area contributed by atoms with Gasteiger partial charge in [-0.15, -0.1) is 0 Å². The van der Waals surface area contributed by atoms with Gasteiger partial charge in [-0.25, -0.2) is 0 Å². The van der Waals surface area contributed by atoms with Gasteiger partial charge in [-0.3, -0.25) is 4.79 Å². The van der Waals surface area contributed by atoms with Crippen molar-refractivity contribution in [1.29, 1.82) is 0 Å². The summed E-state index contributed by atoms with van der Waals surface area (Å²) in [6.45, 7) is 16.3. The van der Waals surface area contributed by atoms with E-state index in [2.05, 4.69) is 56.9 Å². The first kappa shape index (κ1) is 67.5. The maximum absolute atomic E-state index is 12.1. The quantitative estimate of drug-likeness (QED) is 0.0276. The summed E-state index contributed by atoms with van der Waals surface area (Å²) in [5.74, 6) is -0.133. The van der Waals surface area contributed by atoms with Crippen molar-refractivity contribution in [3.8, 4) is 0 Å². The van der Waals surface area contributed by atoms with Crippen LogP contribution in [0, 0.1) is 0 Å². The molecule has 398 valence electrons. The molecular formula is C58H113NO8. The Kier molecular flexibility index (Phi) is 59.1. The second-order valence-corrected chi connectivity index (χ2v) is 18.9. The molecule has 0 bridgehead atoms. The molecule has 0 amide bonds. The van der Waals surface area contributed by atoms with Crippen molar-refractivity contribution in [3.05, 3.63) is 24.3 Å². The first-order valence-corrected chi connectivity index (χ1v) is 28.5. The molecule has 0 aliphatic rings. The summed E-state index contributed by atoms with van der Waals surface area (Å²) in [5, 5.41) is 11.4. The number of nitrogens with zero attached hydrogens (tertiary/aromatic N) is 1. The Morgan fingerprint density at radius 2 is 0.851 bits per heavy atom. The Bertz CT molecular complexity index is 1020. The lowest BCUT2D eigenvalue weighted by Gasteiger charge is -2.29. The second-order valence-electron chi connectivity index (χ2n) is 18.9. The number of carbonyl (C=O) groups is 2. The van der Waals surface area contributed by atoms with Crippen LogP contribution < -0.4 is 0 Å². The van der Waals surface area contributed by atoms with E-state index in [1.54, 1.807) is 7.11 Å². The minimum absolute atomic E-state index is 0.133. The molecule has 0 rings (SSSR count). The van der Waals surface area contributed by atoms with Gasteiger partial charge in [0.05, 0.1) is 32.0 Å². The van der Waals surface area contributed by atoms with Crippen molar-refractivity contribution in [2.24, 2.45) is 0 Å². The lowest BCUT2D eigenvalue weighted by molar-refractivity contribution is -0.145. The zero-order valence-electron chi connectivity index (χ0n) is 45.2. The van der Waals surface area contributed by atoms with Crippen LogP contribution in [-0.4, -0.2) is 107 Å². The van der Waals surface area contributed by atoms with Gasteiger partial charge < -0.3 is 38.5 Å². The maximum atomic E-state index is 12.1. The fourth-order valence-electron chi connectivity index (χ4n) is 8.18. The van der Waals surface area contributed by atoms with Gasteiger partial charge in [0.25, 0.3) is 0 Å². The van der Waals surface area contributed by atoms with Gasteiger partial charge in [0.2, 0.25) is 0 Å². The minimum Gasteiger partial charge on any atom is -0.463 e. The van der Waals surface area contributed by atoms with E-state index >= 15 is 0 Å². The van der Waals surface area contributed by atoms with Crippen LogP contribution in [0.2, 0.25) is 0 Å². The average Bonchev–Trinajstić information content (AvgIpc) is 3.32. The van der Waals surface area contributed by atoms with Crippen LogP contribution in [0.5, 0.6) is 0 Å². The number of aliphatic hydroxyl groups is 1. The van der Waals surface area contributed by atoms with Gasteiger partial charge in [0, 0.05) is 46.3 Å². The first-order valence-electron chi connectivity index (χ1n) is 28.5. The van der Waals surface area contributed by atoms with E-state index in [4.69, 9.17) is 23.7 Å². The van der Waals surface area contributed by atoms with Crippen molar-refractivity contribution in [2.75, 3.05) is 79.6 Å². The summed E-state index contributed by atoms with van der Waals surface area (Å²) in [6.07, 6.45) is 50.7. The maximum Gasteiger partial charge on any atom is 0.305 e. The zero-order chi connectivity index (χ0) is 49.3. The van der Waals surface area contributed by atoms with E-state index in [0.717, 1.165) is 77.3 Å². The summed E-state index contributed by atoms with van der Waals surface area (Å²) in [6, 6.07) is 0. The molecule has 0 spiro atoms. The van der Waals surface area contributed by atoms with Gasteiger partial charge in [0.15, 0.2) is 0 Å². The molecular weight excluding hydrogens is 839 g/mol. The Morgan fingerprint density at radius 1 is 0.433 bits per heavy atom. The Morgan fingerprint density at radius 3 is 1.30 bits per heavy atom. The molecule has 0 fully saturated rings. The molecule has 1 unspecified atom stereocenters. The Labute approximate surface area is 416 Å². The smallest absolute Gasteiger partial charge is 0.305 e. The SMILES string of the molecule is CCCCCCCC/C=C\CCCCCCCC(=O)OCCOCCCC(O)(CCCOCCOC)CCOCCN(CCC)CCC.CCCCCCCC/C=C\CCCCCCCC=O. The molecule has 0 saturated carbocycles. The van der Waals surface area contributed by atoms with Gasteiger partial charge in [-0.2, -0.15) is 0 Å². The number of rotatable bonds is 54. The molecule has 0 aromatic carbocycles. The van der Waals surface area contributed by atoms with Crippen molar-refractivity contribution in [2.45, 2.75) is 258 Å². The monoisotopic (exact) mass is 952 g/mol. The summed E-state index contributed by atoms with van der Waals surface area (Å²) in [7, 11) is 1.67. The number of allylic oxidation sites excluding steroid dienone is 4. The molecule has 0 aliphatic carbocycles. The van der Waals surface area contributed by atoms with Crippen molar-refractivity contribution < 1.29 is 38.4 Å². The predicted molar refractivity (Wildman–Crippen MR) is 285 cm³/mol. The average molecular weight is 953 g/mol. The topological polar surface area (TPSA) is 104 Å². The molecule has 0 aliphatic heterocycles. The van der Waals surface area contributed by atoms with Crippen molar-refractivity contribution in [3.63, 3.8) is 0 Å². The summed E-state index contributed by atoms with van der Waals surface area (Å²) in [4.78, 5) is 24.6. The van der Waals surface area contributed by atoms with E-state index in [9.17, 15) is 14.7 Å². The number of esters is 1. The highest BCUT2D eigenvalue weighted by molar-refractivity contribution is 5.69. The normalized spacial score (nSPS) is 12.6. The molecule has 0 radical (unpaired) electrons. The van der Waals surface area contributed by atoms with Crippen LogP contribution in [0.4, 0.5) is 0 Å². The van der Waals surface area contributed by atoms with Crippen LogP contribution in [0.15, 0.2) is 24.3 Å². The number of carbonyl (C=O) groups excluding carboxylic acids is 2. The van der Waals surface area contributed by atoms with Gasteiger partial charge in [-0.1, -0.05) is 155 Å². The number of aldehydes is 1. The third-order valence-corrected chi connectivity index (χ3v) is 12.4. The third kappa shape index (κ3) is 56.9. The first-order chi connectivity index (χ1) is 32.9. The molecule has 9 nitrogen and oxygen atoms in total. The number of unbranched alkanes of at least 4 members (excludes halogenated alkanes) is 23. The van der Waals surface area contributed by atoms with Crippen LogP contribution in [-0.2, 0) is 33.3 Å². The predicted octanol–water partition coefficient (Wildman–Crippen LogP) is 15.3. The number of hydrogen-bond donors (Lipinski definition) is 1. The summed E-state index contributed by atoms with van der Waals surface area (Å²) in [5.41, 5.74) is -0.809. The Balaban J connectivity index is 0. The molecule has 0 aromatic rings. The molecule has 1 atom stereocenters. The number of hydrogen-bond acceptors (Lipinski definition) is 9. The fourth-order valence-corrected chi connectivity index (χ4v) is 8.18. The van der Waals surface area contributed by atoms with Crippen LogP contribution in [0.25, 0.3) is 0 Å². The second kappa shape index (κ2) is 58.7. The standard InChI is InChI=1S/C40H79NO7.C18H34O/c1-5-8-9-10-11-12-13-14-15-16-17-18-19-20-21-24-39(42)48-38-37-46-32-23-26-40(43,25-22-31-45-36-35-44-4)27-33-47-34-30-41(28-6-2)29-7-3;1-2-3-4-5-6-7-8-9-10-11-12-13-14-15-16-17-18-19/h14-15,43H,5-13,16-38H2,1-4H3;9-10,18H,2-8,11-17H2,1H3/b15-14-;10-9-. The fraction of sp³-hybridized carbons (Fsp3) is 0.897. The van der Waals surface area contributed by atoms with E-state index < -0.39 is 5.60 Å². The van der Waals surface area contributed by atoms with Crippen molar-refractivity contribution >= 4 is 12.3 Å². The van der Waals surface area contributed by atoms with Crippen LogP contribution in [0.1, 0.15) is 252 Å². The van der Waals surface area contributed by atoms with Crippen LogP contribution in [0.3, 0.4) is 0 Å². The lowest BCUT2D eigenvalue weighted by Crippen LogP contribution is -2.33. The highest BCUT2D eigenvalue weighted by Crippen LogP contribution is 2.24.